The number of rotatable bonds is 3. The first-order chi connectivity index (χ1) is 13.4. The molecule has 2 heterocycles. The predicted molar refractivity (Wildman–Crippen MR) is 108 cm³/mol. The molecule has 142 valence electrons. The summed E-state index contributed by atoms with van der Waals surface area (Å²) in [5.41, 5.74) is 2.09. The molecule has 0 saturated carbocycles. The summed E-state index contributed by atoms with van der Waals surface area (Å²) in [6, 6.07) is 14.2. The topological polar surface area (TPSA) is 84.7 Å². The van der Waals surface area contributed by atoms with Crippen molar-refractivity contribution in [2.45, 2.75) is 13.0 Å². The number of fused-ring (bicyclic) bond motifs is 1. The van der Waals surface area contributed by atoms with Crippen LogP contribution in [-0.2, 0) is 4.79 Å². The molecule has 1 aliphatic rings. The van der Waals surface area contributed by atoms with Crippen LogP contribution in [0.2, 0.25) is 0 Å². The van der Waals surface area contributed by atoms with E-state index in [9.17, 15) is 9.59 Å². The lowest BCUT2D eigenvalue weighted by molar-refractivity contribution is -0.125. The van der Waals surface area contributed by atoms with Crippen molar-refractivity contribution in [3.8, 4) is 17.1 Å². The minimum Gasteiger partial charge on any atom is -0.479 e. The van der Waals surface area contributed by atoms with Crippen LogP contribution in [0.1, 0.15) is 17.4 Å². The maximum atomic E-state index is 12.5. The van der Waals surface area contributed by atoms with Gasteiger partial charge in [-0.3, -0.25) is 9.59 Å². The number of hydrogen-bond donors (Lipinski definition) is 1. The van der Waals surface area contributed by atoms with Crippen LogP contribution in [0.5, 0.6) is 5.75 Å². The second kappa shape index (κ2) is 7.12. The van der Waals surface area contributed by atoms with Crippen molar-refractivity contribution in [3.63, 3.8) is 0 Å². The first-order valence-corrected chi connectivity index (χ1v) is 9.34. The van der Waals surface area contributed by atoms with Crippen molar-refractivity contribution in [1.82, 2.24) is 5.16 Å². The molecule has 28 heavy (non-hydrogen) atoms. The molecule has 0 radical (unpaired) electrons. The number of anilines is 2. The SMILES string of the molecule is C[C@H]1Oc2ccc(NC(=O)c3cc(-c4ccc(Br)cc4)on3)cc2N(C)C1=O. The predicted octanol–water partition coefficient (Wildman–Crippen LogP) is 4.10. The summed E-state index contributed by atoms with van der Waals surface area (Å²) < 4.78 is 11.8. The van der Waals surface area contributed by atoms with Gasteiger partial charge >= 0.3 is 0 Å². The Balaban J connectivity index is 1.53. The molecule has 8 heteroatoms. The molecular weight excluding hydrogens is 426 g/mol. The summed E-state index contributed by atoms with van der Waals surface area (Å²) >= 11 is 3.38. The molecule has 0 aliphatic carbocycles. The molecule has 1 aliphatic heterocycles. The van der Waals surface area contributed by atoms with Gasteiger partial charge in [0, 0.05) is 28.8 Å². The van der Waals surface area contributed by atoms with Gasteiger partial charge in [-0.1, -0.05) is 33.2 Å². The summed E-state index contributed by atoms with van der Waals surface area (Å²) in [4.78, 5) is 26.1. The van der Waals surface area contributed by atoms with Crippen LogP contribution in [-0.4, -0.2) is 30.1 Å². The minimum atomic E-state index is -0.537. The minimum absolute atomic E-state index is 0.147. The van der Waals surface area contributed by atoms with E-state index in [4.69, 9.17) is 9.26 Å². The third kappa shape index (κ3) is 3.38. The fraction of sp³-hybridized carbons (Fsp3) is 0.150. The molecular formula is C20H16BrN3O4. The van der Waals surface area contributed by atoms with E-state index in [0.717, 1.165) is 10.0 Å². The number of likely N-dealkylation sites (N-methyl/N-ethyl adjacent to an activating group) is 1. The number of amides is 2. The van der Waals surface area contributed by atoms with Crippen LogP contribution in [0.4, 0.5) is 11.4 Å². The van der Waals surface area contributed by atoms with Gasteiger partial charge in [0.1, 0.15) is 5.75 Å². The van der Waals surface area contributed by atoms with E-state index in [2.05, 4.69) is 26.4 Å². The van der Waals surface area contributed by atoms with Crippen molar-refractivity contribution in [1.29, 1.82) is 0 Å². The number of hydrogen-bond acceptors (Lipinski definition) is 5. The number of aromatic nitrogens is 1. The number of halogens is 1. The molecule has 1 aromatic heterocycles. The maximum absolute atomic E-state index is 12.5. The first-order valence-electron chi connectivity index (χ1n) is 8.54. The van der Waals surface area contributed by atoms with Gasteiger partial charge in [0.25, 0.3) is 11.8 Å². The van der Waals surface area contributed by atoms with Gasteiger partial charge in [0.2, 0.25) is 0 Å². The van der Waals surface area contributed by atoms with Crippen molar-refractivity contribution in [3.05, 3.63) is 58.7 Å². The van der Waals surface area contributed by atoms with Crippen molar-refractivity contribution < 1.29 is 18.8 Å². The van der Waals surface area contributed by atoms with Crippen LogP contribution in [0, 0.1) is 0 Å². The van der Waals surface area contributed by atoms with Crippen molar-refractivity contribution in [2.75, 3.05) is 17.3 Å². The fourth-order valence-electron chi connectivity index (χ4n) is 2.92. The largest absolute Gasteiger partial charge is 0.479 e. The van der Waals surface area contributed by atoms with Gasteiger partial charge in [0.05, 0.1) is 5.69 Å². The Morgan fingerprint density at radius 3 is 2.68 bits per heavy atom. The number of benzene rings is 2. The van der Waals surface area contributed by atoms with Crippen LogP contribution in [0.3, 0.4) is 0 Å². The van der Waals surface area contributed by atoms with E-state index < -0.39 is 12.0 Å². The Bertz CT molecular complexity index is 1060. The van der Waals surface area contributed by atoms with E-state index in [1.165, 1.54) is 4.90 Å². The van der Waals surface area contributed by atoms with Gasteiger partial charge < -0.3 is 19.5 Å². The first kappa shape index (κ1) is 18.2. The van der Waals surface area contributed by atoms with E-state index in [0.29, 0.717) is 22.9 Å². The summed E-state index contributed by atoms with van der Waals surface area (Å²) in [7, 11) is 1.67. The quantitative estimate of drug-likeness (QED) is 0.661. The van der Waals surface area contributed by atoms with Gasteiger partial charge in [0.15, 0.2) is 17.6 Å². The summed E-state index contributed by atoms with van der Waals surface area (Å²) in [6.07, 6.45) is -0.537. The van der Waals surface area contributed by atoms with Gasteiger partial charge in [-0.15, -0.1) is 0 Å². The highest BCUT2D eigenvalue weighted by molar-refractivity contribution is 9.10. The highest BCUT2D eigenvalue weighted by Gasteiger charge is 2.29. The lowest BCUT2D eigenvalue weighted by atomic mass is 10.1. The van der Waals surface area contributed by atoms with E-state index in [1.807, 2.05) is 24.3 Å². The van der Waals surface area contributed by atoms with Crippen LogP contribution in [0.15, 0.2) is 57.5 Å². The van der Waals surface area contributed by atoms with Crippen LogP contribution < -0.4 is 15.0 Å². The number of ether oxygens (including phenoxy) is 1. The normalized spacial score (nSPS) is 15.8. The molecule has 3 aromatic rings. The van der Waals surface area contributed by atoms with Gasteiger partial charge in [-0.05, 0) is 37.3 Å². The standard InChI is InChI=1S/C20H16BrN3O4/c1-11-20(26)24(2)16-9-14(7-8-17(16)27-11)22-19(25)15-10-18(28-23-15)12-3-5-13(21)6-4-12/h3-11H,1-2H3,(H,22,25)/t11-/m1/s1. The molecule has 0 unspecified atom stereocenters. The van der Waals surface area contributed by atoms with Gasteiger partial charge in [-0.25, -0.2) is 0 Å². The fourth-order valence-corrected chi connectivity index (χ4v) is 3.18. The molecule has 7 nitrogen and oxygen atoms in total. The van der Waals surface area contributed by atoms with Crippen LogP contribution in [0.25, 0.3) is 11.3 Å². The lowest BCUT2D eigenvalue weighted by Crippen LogP contribution is -2.41. The second-order valence-electron chi connectivity index (χ2n) is 6.38. The Morgan fingerprint density at radius 2 is 1.93 bits per heavy atom. The Hall–Kier alpha value is -3.13. The number of nitrogens with zero attached hydrogens (tertiary/aromatic N) is 2. The summed E-state index contributed by atoms with van der Waals surface area (Å²) in [5, 5.41) is 6.61. The zero-order chi connectivity index (χ0) is 19.8. The molecule has 1 N–H and O–H groups in total. The highest BCUT2D eigenvalue weighted by Crippen LogP contribution is 2.35. The van der Waals surface area contributed by atoms with E-state index >= 15 is 0 Å². The van der Waals surface area contributed by atoms with Crippen LogP contribution >= 0.6 is 15.9 Å². The molecule has 1 atom stereocenters. The van der Waals surface area contributed by atoms with Crippen molar-refractivity contribution >= 4 is 39.1 Å². The molecule has 0 bridgehead atoms. The number of carbonyl (C=O) groups is 2. The smallest absolute Gasteiger partial charge is 0.277 e. The monoisotopic (exact) mass is 441 g/mol. The molecule has 4 rings (SSSR count). The Labute approximate surface area is 169 Å². The molecule has 2 aromatic carbocycles. The number of nitrogens with one attached hydrogen (secondary N) is 1. The molecule has 0 spiro atoms. The van der Waals surface area contributed by atoms with E-state index in [-0.39, 0.29) is 11.6 Å². The van der Waals surface area contributed by atoms with E-state index in [1.54, 1.807) is 38.2 Å². The molecule has 0 fully saturated rings. The summed E-state index contributed by atoms with van der Waals surface area (Å²) in [6.45, 7) is 1.70. The summed E-state index contributed by atoms with van der Waals surface area (Å²) in [5.74, 6) is 0.528. The molecule has 0 saturated heterocycles. The number of carbonyl (C=O) groups excluding carboxylic acids is 2. The zero-order valence-electron chi connectivity index (χ0n) is 15.1. The highest BCUT2D eigenvalue weighted by atomic mass is 79.9. The molecule has 2 amide bonds. The van der Waals surface area contributed by atoms with Gasteiger partial charge in [-0.2, -0.15) is 0 Å². The average molecular weight is 442 g/mol. The third-order valence-corrected chi connectivity index (χ3v) is 4.96. The lowest BCUT2D eigenvalue weighted by Gasteiger charge is -2.30. The Kier molecular flexibility index (Phi) is 4.64. The average Bonchev–Trinajstić information content (AvgIpc) is 3.18. The van der Waals surface area contributed by atoms with Crippen molar-refractivity contribution in [2.24, 2.45) is 0 Å². The third-order valence-electron chi connectivity index (χ3n) is 4.43. The zero-order valence-corrected chi connectivity index (χ0v) is 16.7. The second-order valence-corrected chi connectivity index (χ2v) is 7.29. The maximum Gasteiger partial charge on any atom is 0.277 e. The Morgan fingerprint density at radius 1 is 1.18 bits per heavy atom.